The van der Waals surface area contributed by atoms with Crippen molar-refractivity contribution in [3.63, 3.8) is 0 Å². The fraction of sp³-hybridized carbons (Fsp3) is 0.929. The van der Waals surface area contributed by atoms with Crippen LogP contribution in [-0.4, -0.2) is 52.5 Å². The standard InChI is InChI=1S/C14H25NO2S/c1-10-8-15(6-7-18-10)9-11-12(16)14(4,5)17-13(11,2)3/h10-11H,6-9H2,1-5H3. The number of thioether (sulfide) groups is 1. The van der Waals surface area contributed by atoms with Gasteiger partial charge in [0.15, 0.2) is 5.78 Å². The predicted octanol–water partition coefficient (Wildman–Crippen LogP) is 2.20. The molecule has 104 valence electrons. The van der Waals surface area contributed by atoms with Crippen molar-refractivity contribution < 1.29 is 9.53 Å². The summed E-state index contributed by atoms with van der Waals surface area (Å²) in [6.07, 6.45) is 0. The van der Waals surface area contributed by atoms with Crippen LogP contribution in [0.25, 0.3) is 0 Å². The Morgan fingerprint density at radius 2 is 2.06 bits per heavy atom. The minimum Gasteiger partial charge on any atom is -0.361 e. The fourth-order valence-corrected chi connectivity index (χ4v) is 4.21. The van der Waals surface area contributed by atoms with Crippen LogP contribution in [0, 0.1) is 5.92 Å². The molecule has 0 aliphatic carbocycles. The van der Waals surface area contributed by atoms with Gasteiger partial charge in [-0.05, 0) is 27.7 Å². The first-order valence-electron chi connectivity index (χ1n) is 6.81. The molecule has 2 fully saturated rings. The van der Waals surface area contributed by atoms with Crippen LogP contribution < -0.4 is 0 Å². The van der Waals surface area contributed by atoms with Crippen molar-refractivity contribution >= 4 is 17.5 Å². The maximum atomic E-state index is 12.4. The molecule has 18 heavy (non-hydrogen) atoms. The lowest BCUT2D eigenvalue weighted by atomic mass is 9.85. The van der Waals surface area contributed by atoms with Crippen molar-refractivity contribution in [1.82, 2.24) is 4.90 Å². The Balaban J connectivity index is 2.06. The van der Waals surface area contributed by atoms with E-state index in [1.807, 2.05) is 39.5 Å². The van der Waals surface area contributed by atoms with E-state index in [0.717, 1.165) is 19.6 Å². The van der Waals surface area contributed by atoms with Gasteiger partial charge in [-0.25, -0.2) is 0 Å². The molecule has 0 aromatic heterocycles. The molecular formula is C14H25NO2S. The molecule has 2 aliphatic rings. The molecule has 2 atom stereocenters. The summed E-state index contributed by atoms with van der Waals surface area (Å²) in [6.45, 7) is 13.2. The number of Topliss-reactive ketones (excluding diaryl/α,β-unsaturated/α-hetero) is 1. The largest absolute Gasteiger partial charge is 0.361 e. The Kier molecular flexibility index (Phi) is 3.83. The molecule has 0 aromatic rings. The quantitative estimate of drug-likeness (QED) is 0.770. The second kappa shape index (κ2) is 4.80. The Morgan fingerprint density at radius 3 is 2.56 bits per heavy atom. The van der Waals surface area contributed by atoms with Crippen LogP contribution in [0.5, 0.6) is 0 Å². The van der Waals surface area contributed by atoms with E-state index >= 15 is 0 Å². The van der Waals surface area contributed by atoms with E-state index in [4.69, 9.17) is 4.74 Å². The lowest BCUT2D eigenvalue weighted by Crippen LogP contribution is -2.45. The molecule has 4 heteroatoms. The van der Waals surface area contributed by atoms with Crippen LogP contribution in [0.4, 0.5) is 0 Å². The van der Waals surface area contributed by atoms with E-state index in [1.54, 1.807) is 0 Å². The first-order chi connectivity index (χ1) is 8.22. The zero-order chi connectivity index (χ0) is 13.6. The average molecular weight is 271 g/mol. The second-order valence-electron chi connectivity index (χ2n) is 6.57. The summed E-state index contributed by atoms with van der Waals surface area (Å²) in [6, 6.07) is 0. The highest BCUT2D eigenvalue weighted by atomic mass is 32.2. The molecule has 2 saturated heterocycles. The molecule has 2 heterocycles. The Labute approximate surface area is 115 Å². The van der Waals surface area contributed by atoms with Crippen molar-refractivity contribution in [3.8, 4) is 0 Å². The number of ether oxygens (including phenoxy) is 1. The summed E-state index contributed by atoms with van der Waals surface area (Å²) in [4.78, 5) is 14.9. The van der Waals surface area contributed by atoms with Gasteiger partial charge in [0, 0.05) is 30.6 Å². The van der Waals surface area contributed by atoms with Crippen molar-refractivity contribution in [2.75, 3.05) is 25.4 Å². The third-order valence-corrected chi connectivity index (χ3v) is 5.17. The normalized spacial score (nSPS) is 35.9. The molecule has 2 aliphatic heterocycles. The number of nitrogens with zero attached hydrogens (tertiary/aromatic N) is 1. The topological polar surface area (TPSA) is 29.5 Å². The Bertz CT molecular complexity index is 341. The lowest BCUT2D eigenvalue weighted by molar-refractivity contribution is -0.132. The van der Waals surface area contributed by atoms with Crippen LogP contribution in [0.3, 0.4) is 0 Å². The SMILES string of the molecule is CC1CN(CC2C(=O)C(C)(C)OC2(C)C)CCS1. The number of hydrogen-bond donors (Lipinski definition) is 0. The van der Waals surface area contributed by atoms with E-state index in [2.05, 4.69) is 11.8 Å². The highest BCUT2D eigenvalue weighted by Gasteiger charge is 2.53. The summed E-state index contributed by atoms with van der Waals surface area (Å²) < 4.78 is 5.95. The molecule has 0 amide bonds. The highest BCUT2D eigenvalue weighted by Crippen LogP contribution is 2.39. The van der Waals surface area contributed by atoms with Gasteiger partial charge in [0.25, 0.3) is 0 Å². The average Bonchev–Trinajstić information content (AvgIpc) is 2.37. The van der Waals surface area contributed by atoms with E-state index in [0.29, 0.717) is 5.25 Å². The second-order valence-corrected chi connectivity index (χ2v) is 8.12. The van der Waals surface area contributed by atoms with E-state index in [1.165, 1.54) is 5.75 Å². The molecular weight excluding hydrogens is 246 g/mol. The first-order valence-corrected chi connectivity index (χ1v) is 7.86. The fourth-order valence-electron chi connectivity index (χ4n) is 3.13. The zero-order valence-electron chi connectivity index (χ0n) is 12.2. The molecule has 0 saturated carbocycles. The highest BCUT2D eigenvalue weighted by molar-refractivity contribution is 7.99. The Hall–Kier alpha value is -0.0600. The minimum atomic E-state index is -0.621. The van der Waals surface area contributed by atoms with Crippen LogP contribution in [0.15, 0.2) is 0 Å². The van der Waals surface area contributed by atoms with Gasteiger partial charge in [0.1, 0.15) is 5.60 Å². The number of carbonyl (C=O) groups excluding carboxylic acids is 1. The van der Waals surface area contributed by atoms with Gasteiger partial charge >= 0.3 is 0 Å². The van der Waals surface area contributed by atoms with Gasteiger partial charge in [-0.2, -0.15) is 11.8 Å². The van der Waals surface area contributed by atoms with Crippen LogP contribution >= 0.6 is 11.8 Å². The molecule has 0 radical (unpaired) electrons. The van der Waals surface area contributed by atoms with Crippen LogP contribution in [0.2, 0.25) is 0 Å². The molecule has 2 rings (SSSR count). The van der Waals surface area contributed by atoms with Crippen LogP contribution in [0.1, 0.15) is 34.6 Å². The molecule has 0 bridgehead atoms. The summed E-state index contributed by atoms with van der Waals surface area (Å²) in [7, 11) is 0. The lowest BCUT2D eigenvalue weighted by Gasteiger charge is -2.34. The monoisotopic (exact) mass is 271 g/mol. The molecule has 3 nitrogen and oxygen atoms in total. The van der Waals surface area contributed by atoms with Crippen molar-refractivity contribution in [2.45, 2.75) is 51.1 Å². The summed E-state index contributed by atoms with van der Waals surface area (Å²) in [5.74, 6) is 1.44. The van der Waals surface area contributed by atoms with Gasteiger partial charge in [0.05, 0.1) is 11.5 Å². The van der Waals surface area contributed by atoms with Crippen molar-refractivity contribution in [3.05, 3.63) is 0 Å². The molecule has 0 aromatic carbocycles. The van der Waals surface area contributed by atoms with Gasteiger partial charge in [-0.15, -0.1) is 0 Å². The summed E-state index contributed by atoms with van der Waals surface area (Å²) in [5.41, 5.74) is -0.960. The molecule has 0 N–H and O–H groups in total. The van der Waals surface area contributed by atoms with E-state index in [-0.39, 0.29) is 17.3 Å². The minimum absolute atomic E-state index is 0.00259. The van der Waals surface area contributed by atoms with Crippen molar-refractivity contribution in [1.29, 1.82) is 0 Å². The third-order valence-electron chi connectivity index (χ3n) is 4.03. The number of carbonyl (C=O) groups is 1. The van der Waals surface area contributed by atoms with Gasteiger partial charge in [-0.1, -0.05) is 6.92 Å². The zero-order valence-corrected chi connectivity index (χ0v) is 13.0. The smallest absolute Gasteiger partial charge is 0.171 e. The Morgan fingerprint density at radius 1 is 1.39 bits per heavy atom. The number of rotatable bonds is 2. The summed E-state index contributed by atoms with van der Waals surface area (Å²) >= 11 is 2.02. The van der Waals surface area contributed by atoms with Crippen LogP contribution in [-0.2, 0) is 9.53 Å². The van der Waals surface area contributed by atoms with Gasteiger partial charge in [-0.3, -0.25) is 4.79 Å². The van der Waals surface area contributed by atoms with E-state index in [9.17, 15) is 4.79 Å². The third kappa shape index (κ3) is 2.75. The maximum Gasteiger partial charge on any atom is 0.171 e. The molecule has 0 spiro atoms. The van der Waals surface area contributed by atoms with Gasteiger partial charge in [0.2, 0.25) is 0 Å². The number of ketones is 1. The maximum absolute atomic E-state index is 12.4. The predicted molar refractivity (Wildman–Crippen MR) is 76.1 cm³/mol. The van der Waals surface area contributed by atoms with Crippen molar-refractivity contribution in [2.24, 2.45) is 5.92 Å². The van der Waals surface area contributed by atoms with Gasteiger partial charge < -0.3 is 9.64 Å². The first kappa shape index (κ1) is 14.4. The number of hydrogen-bond acceptors (Lipinski definition) is 4. The molecule has 2 unspecified atom stereocenters. The van der Waals surface area contributed by atoms with E-state index < -0.39 is 5.60 Å². The summed E-state index contributed by atoms with van der Waals surface area (Å²) in [5, 5.41) is 0.673.